The predicted octanol–water partition coefficient (Wildman–Crippen LogP) is 10.6. The fourth-order valence-corrected chi connectivity index (χ4v) is 12.4. The summed E-state index contributed by atoms with van der Waals surface area (Å²) >= 11 is 0. The zero-order chi connectivity index (χ0) is 37.2. The number of aryl methyl sites for hydroxylation is 8. The molecule has 0 spiro atoms. The number of benzene rings is 4. The van der Waals surface area contributed by atoms with Gasteiger partial charge in [0.05, 0.1) is 14.6 Å². The molecule has 51 heavy (non-hydrogen) atoms. The van der Waals surface area contributed by atoms with Gasteiger partial charge in [-0.1, -0.05) is 94.5 Å². The van der Waals surface area contributed by atoms with Crippen molar-refractivity contribution in [1.82, 2.24) is 0 Å². The van der Waals surface area contributed by atoms with E-state index in [2.05, 4.69) is 34.9 Å². The monoisotopic (exact) mass is 802 g/mol. The predicted molar refractivity (Wildman–Crippen MR) is 221 cm³/mol. The van der Waals surface area contributed by atoms with Gasteiger partial charge >= 0.3 is 26.2 Å². The summed E-state index contributed by atoms with van der Waals surface area (Å²) < 4.78 is 30.9. The van der Waals surface area contributed by atoms with Gasteiger partial charge in [0.2, 0.25) is 0 Å². The van der Waals surface area contributed by atoms with E-state index in [1.165, 1.54) is 0 Å². The van der Waals surface area contributed by atoms with Crippen molar-refractivity contribution >= 4 is 35.8 Å². The van der Waals surface area contributed by atoms with Gasteiger partial charge in [-0.25, -0.2) is 0 Å². The summed E-state index contributed by atoms with van der Waals surface area (Å²) in [6.45, 7) is 16.4. The van der Waals surface area contributed by atoms with Gasteiger partial charge in [0.25, 0.3) is 0 Å². The van der Waals surface area contributed by atoms with Crippen molar-refractivity contribution in [3.8, 4) is 0 Å². The van der Waals surface area contributed by atoms with Gasteiger partial charge in [-0.15, -0.1) is 12.1 Å². The molecule has 1 fully saturated rings. The maximum absolute atomic E-state index is 15.4. The molecule has 1 aliphatic rings. The van der Waals surface area contributed by atoms with E-state index in [4.69, 9.17) is 10.2 Å². The Morgan fingerprint density at radius 3 is 0.765 bits per heavy atom. The van der Waals surface area contributed by atoms with Crippen LogP contribution in [0.25, 0.3) is 20.8 Å². The molecule has 0 amide bonds. The third-order valence-electron chi connectivity index (χ3n) is 8.54. The molecule has 0 aliphatic heterocycles. The topological polar surface area (TPSA) is 90.5 Å². The van der Waals surface area contributed by atoms with Gasteiger partial charge in [0.1, 0.15) is 0 Å². The third kappa shape index (κ3) is 12.3. The van der Waals surface area contributed by atoms with Crippen molar-refractivity contribution < 1.29 is 35.3 Å². The van der Waals surface area contributed by atoms with E-state index in [0.717, 1.165) is 91.4 Å². The summed E-state index contributed by atoms with van der Waals surface area (Å²) in [5.41, 5.74) is 8.55. The summed E-state index contributed by atoms with van der Waals surface area (Å²) in [6.07, 6.45) is 3.51. The molecule has 4 aromatic carbocycles. The molecule has 272 valence electrons. The van der Waals surface area contributed by atoms with Gasteiger partial charge in [-0.05, 0) is 125 Å². The summed E-state index contributed by atoms with van der Waals surface area (Å²) in [5, 5.41) is 20.7. The van der Waals surface area contributed by atoms with Crippen molar-refractivity contribution in [2.24, 2.45) is 0 Å². The summed E-state index contributed by atoms with van der Waals surface area (Å²) in [4.78, 5) is 0. The van der Waals surface area contributed by atoms with Crippen molar-refractivity contribution in [2.45, 2.75) is 93.2 Å². The third-order valence-corrected chi connectivity index (χ3v) is 13.6. The Hall–Kier alpha value is -1.94. The largest absolute Gasteiger partial charge is 4.00 e. The molecule has 0 saturated heterocycles. The van der Waals surface area contributed by atoms with Gasteiger partial charge in [0.15, 0.2) is 0 Å². The van der Waals surface area contributed by atoms with E-state index in [0.29, 0.717) is 0 Å². The fourth-order valence-electron chi connectivity index (χ4n) is 6.85. The van der Waals surface area contributed by atoms with Crippen LogP contribution >= 0.6 is 14.6 Å². The molecule has 0 aromatic heterocycles. The SMILES string of the molecule is C[N-]C.C[N-]C.Cc1cc(C)cc(P(=O)([N-][C@@H]2CCCC[C@H]2[N-]P(=O)(c2cc(C)cc(C)c2)c2cc(C)cc(C)c2)c2cc(C)cc(C)c2)c1.[Zr+4]. The minimum Gasteiger partial charge on any atom is -0.668 e. The molecule has 0 bridgehead atoms. The molecule has 5 rings (SSSR count). The van der Waals surface area contributed by atoms with E-state index >= 15 is 9.13 Å². The van der Waals surface area contributed by atoms with Crippen LogP contribution < -0.4 is 21.2 Å². The molecule has 0 N–H and O–H groups in total. The molecule has 1 aliphatic carbocycles. The van der Waals surface area contributed by atoms with Crippen molar-refractivity contribution in [2.75, 3.05) is 28.2 Å². The first-order valence-electron chi connectivity index (χ1n) is 17.5. The van der Waals surface area contributed by atoms with Crippen molar-refractivity contribution in [3.05, 3.63) is 138 Å². The Bertz CT molecular complexity index is 1520. The second-order valence-corrected chi connectivity index (χ2v) is 18.9. The summed E-state index contributed by atoms with van der Waals surface area (Å²) in [7, 11) is 0.194. The second kappa shape index (κ2) is 20.5. The molecular formula is C42H58N4O2P2Zr. The van der Waals surface area contributed by atoms with Gasteiger partial charge in [-0.3, -0.25) is 0 Å². The maximum Gasteiger partial charge on any atom is 4.00 e. The molecular weight excluding hydrogens is 746 g/mol. The first-order valence-corrected chi connectivity index (χ1v) is 20.9. The van der Waals surface area contributed by atoms with Crippen LogP contribution in [0.15, 0.2) is 72.8 Å². The maximum atomic E-state index is 15.4. The first kappa shape index (κ1) is 45.2. The zero-order valence-electron chi connectivity index (χ0n) is 32.9. The number of hydrogen-bond donors (Lipinski definition) is 0. The van der Waals surface area contributed by atoms with Crippen LogP contribution in [-0.4, -0.2) is 40.3 Å². The molecule has 2 atom stereocenters. The first-order chi connectivity index (χ1) is 23.6. The molecule has 1 saturated carbocycles. The number of rotatable bonds is 8. The number of nitrogens with zero attached hydrogens (tertiary/aromatic N) is 4. The van der Waals surface area contributed by atoms with E-state index < -0.39 is 14.6 Å². The standard InChI is InChI=1S/C38H46N2O2P2.2C2H6N.Zr/c1-25-13-26(2)18-33(17-25)43(41,34-19-27(3)14-28(4)20-34)39-37-11-9-10-12-38(37)40-44(42,35-21-29(5)15-30(6)22-35)36-23-31(7)16-32(8)24-36;2*1-3-2;/h13-24,37-38H,9-12H2,1-8H3;2*1-2H3;/q-2;2*-1;+4/t37-,38-;;;/m1.../s1. The average molecular weight is 804 g/mol. The fraction of sp³-hybridized carbons (Fsp3) is 0.429. The van der Waals surface area contributed by atoms with Crippen LogP contribution in [-0.2, 0) is 35.3 Å². The molecule has 0 radical (unpaired) electrons. The Balaban J connectivity index is 0.00000120. The van der Waals surface area contributed by atoms with E-state index in [-0.39, 0.29) is 38.3 Å². The van der Waals surface area contributed by atoms with Crippen LogP contribution in [0.2, 0.25) is 0 Å². The second-order valence-electron chi connectivity index (χ2n) is 14.1. The van der Waals surface area contributed by atoms with Crippen LogP contribution in [0.3, 0.4) is 0 Å². The van der Waals surface area contributed by atoms with E-state index in [1.54, 1.807) is 28.2 Å². The Morgan fingerprint density at radius 1 is 0.412 bits per heavy atom. The molecule has 9 heteroatoms. The van der Waals surface area contributed by atoms with Gasteiger partial charge < -0.3 is 29.9 Å². The van der Waals surface area contributed by atoms with Crippen LogP contribution in [0.1, 0.15) is 70.2 Å². The van der Waals surface area contributed by atoms with E-state index in [9.17, 15) is 0 Å². The minimum absolute atomic E-state index is 0. The smallest absolute Gasteiger partial charge is 0.668 e. The van der Waals surface area contributed by atoms with E-state index in [1.807, 2.05) is 104 Å². The minimum atomic E-state index is -3.40. The quantitative estimate of drug-likeness (QED) is 0.166. The average Bonchev–Trinajstić information content (AvgIpc) is 3.01. The zero-order valence-corrected chi connectivity index (χ0v) is 37.2. The van der Waals surface area contributed by atoms with Gasteiger partial charge in [-0.2, -0.15) is 28.2 Å². The van der Waals surface area contributed by atoms with Gasteiger partial charge in [0, 0.05) is 0 Å². The van der Waals surface area contributed by atoms with Crippen molar-refractivity contribution in [3.63, 3.8) is 0 Å². The normalized spacial score (nSPS) is 15.8. The van der Waals surface area contributed by atoms with Crippen LogP contribution in [0.5, 0.6) is 0 Å². The Morgan fingerprint density at radius 2 is 0.588 bits per heavy atom. The Kier molecular flexibility index (Phi) is 18.2. The van der Waals surface area contributed by atoms with Crippen LogP contribution in [0.4, 0.5) is 0 Å². The summed E-state index contributed by atoms with van der Waals surface area (Å²) in [6, 6.07) is 24.0. The van der Waals surface area contributed by atoms with Crippen LogP contribution in [0, 0.1) is 55.4 Å². The molecule has 6 nitrogen and oxygen atoms in total. The molecule has 4 aromatic rings. The molecule has 0 heterocycles. The number of hydrogen-bond acceptors (Lipinski definition) is 2. The Labute approximate surface area is 328 Å². The summed E-state index contributed by atoms with van der Waals surface area (Å²) in [5.74, 6) is 0. The van der Waals surface area contributed by atoms with Crippen molar-refractivity contribution in [1.29, 1.82) is 0 Å². The molecule has 0 unspecified atom stereocenters.